The van der Waals surface area contributed by atoms with Crippen LogP contribution in [0.3, 0.4) is 0 Å². The summed E-state index contributed by atoms with van der Waals surface area (Å²) < 4.78 is 17.3. The van der Waals surface area contributed by atoms with E-state index in [4.69, 9.17) is 14.2 Å². The summed E-state index contributed by atoms with van der Waals surface area (Å²) in [5.74, 6) is -0.516. The highest BCUT2D eigenvalue weighted by Gasteiger charge is 2.17. The molecule has 0 bridgehead atoms. The average Bonchev–Trinajstić information content (AvgIpc) is 3.27. The van der Waals surface area contributed by atoms with Gasteiger partial charge in [0.25, 0.3) is 0 Å². The molecular weight excluding hydrogens is 765 g/mol. The van der Waals surface area contributed by atoms with E-state index in [1.807, 2.05) is 6.08 Å². The summed E-state index contributed by atoms with van der Waals surface area (Å²) in [6.07, 6.45) is 71.1. The largest absolute Gasteiger partial charge is 0.462 e. The van der Waals surface area contributed by atoms with E-state index in [0.717, 1.165) is 89.9 Å². The van der Waals surface area contributed by atoms with Crippen molar-refractivity contribution < 1.29 is 23.8 Å². The zero-order valence-corrected chi connectivity index (χ0v) is 40.3. The lowest BCUT2D eigenvalue weighted by Crippen LogP contribution is -2.30. The Morgan fingerprint density at radius 1 is 0.371 bits per heavy atom. The van der Waals surface area contributed by atoms with Crippen molar-refractivity contribution in [3.05, 3.63) is 109 Å². The fourth-order valence-electron chi connectivity index (χ4n) is 6.57. The van der Waals surface area contributed by atoms with Gasteiger partial charge in [-0.25, -0.2) is 0 Å². The van der Waals surface area contributed by atoms with Crippen molar-refractivity contribution in [2.45, 2.75) is 219 Å². The van der Waals surface area contributed by atoms with Crippen molar-refractivity contribution in [2.24, 2.45) is 0 Å². The molecular formula is C57H94O5. The predicted molar refractivity (Wildman–Crippen MR) is 269 cm³/mol. The van der Waals surface area contributed by atoms with Crippen LogP contribution in [0, 0.1) is 0 Å². The molecule has 0 aromatic heterocycles. The van der Waals surface area contributed by atoms with E-state index in [1.165, 1.54) is 83.5 Å². The number of unbranched alkanes of at least 4 members (excludes halogenated alkanes) is 16. The molecule has 5 heteroatoms. The first-order chi connectivity index (χ1) is 30.6. The molecule has 0 aliphatic rings. The van der Waals surface area contributed by atoms with E-state index in [2.05, 4.69) is 124 Å². The van der Waals surface area contributed by atoms with Crippen LogP contribution in [-0.4, -0.2) is 37.9 Å². The van der Waals surface area contributed by atoms with Crippen molar-refractivity contribution >= 4 is 11.9 Å². The summed E-state index contributed by atoms with van der Waals surface area (Å²) in [7, 11) is 0. The maximum Gasteiger partial charge on any atom is 0.306 e. The number of allylic oxidation sites excluding steroid dienone is 18. The summed E-state index contributed by atoms with van der Waals surface area (Å²) in [6.45, 7) is 7.47. The van der Waals surface area contributed by atoms with Crippen molar-refractivity contribution in [1.29, 1.82) is 0 Å². The Morgan fingerprint density at radius 2 is 0.758 bits per heavy atom. The van der Waals surface area contributed by atoms with Gasteiger partial charge >= 0.3 is 11.9 Å². The minimum atomic E-state index is -0.589. The molecule has 0 radical (unpaired) electrons. The predicted octanol–water partition coefficient (Wildman–Crippen LogP) is 17.2. The highest BCUT2D eigenvalue weighted by atomic mass is 16.6. The molecule has 1 unspecified atom stereocenters. The zero-order chi connectivity index (χ0) is 44.9. The van der Waals surface area contributed by atoms with E-state index >= 15 is 0 Å². The second-order valence-electron chi connectivity index (χ2n) is 16.3. The maximum atomic E-state index is 12.7. The fraction of sp³-hybridized carbons (Fsp3) is 0.649. The van der Waals surface area contributed by atoms with Crippen LogP contribution in [-0.2, 0) is 23.8 Å². The fourth-order valence-corrected chi connectivity index (χ4v) is 6.57. The Hall–Kier alpha value is -3.44. The summed E-state index contributed by atoms with van der Waals surface area (Å²) in [5, 5.41) is 0. The van der Waals surface area contributed by atoms with Crippen LogP contribution in [0.5, 0.6) is 0 Å². The Balaban J connectivity index is 4.38. The average molecular weight is 859 g/mol. The smallest absolute Gasteiger partial charge is 0.306 e. The van der Waals surface area contributed by atoms with Gasteiger partial charge in [0.1, 0.15) is 6.61 Å². The van der Waals surface area contributed by atoms with Crippen molar-refractivity contribution in [3.8, 4) is 0 Å². The van der Waals surface area contributed by atoms with Gasteiger partial charge in [-0.2, -0.15) is 0 Å². The molecule has 0 aromatic rings. The molecule has 0 aromatic carbocycles. The van der Waals surface area contributed by atoms with Crippen molar-refractivity contribution in [1.82, 2.24) is 0 Å². The van der Waals surface area contributed by atoms with Gasteiger partial charge in [-0.15, -0.1) is 0 Å². The molecule has 0 N–H and O–H groups in total. The van der Waals surface area contributed by atoms with Gasteiger partial charge in [0.15, 0.2) is 6.10 Å². The van der Waals surface area contributed by atoms with Crippen molar-refractivity contribution in [3.63, 3.8) is 0 Å². The summed E-state index contributed by atoms with van der Waals surface area (Å²) in [6, 6.07) is 0. The molecule has 0 heterocycles. The Kier molecular flexibility index (Phi) is 49.0. The molecule has 0 rings (SSSR count). The minimum absolute atomic E-state index is 0.0407. The molecule has 0 aliphatic heterocycles. The molecule has 5 nitrogen and oxygen atoms in total. The highest BCUT2D eigenvalue weighted by Crippen LogP contribution is 2.12. The van der Waals surface area contributed by atoms with Crippen LogP contribution in [0.1, 0.15) is 213 Å². The second kappa shape index (κ2) is 51.9. The second-order valence-corrected chi connectivity index (χ2v) is 16.3. The first-order valence-electron chi connectivity index (χ1n) is 25.4. The topological polar surface area (TPSA) is 61.8 Å². The number of esters is 2. The molecule has 0 fully saturated rings. The van der Waals surface area contributed by atoms with Gasteiger partial charge < -0.3 is 14.2 Å². The van der Waals surface area contributed by atoms with Crippen LogP contribution in [0.25, 0.3) is 0 Å². The normalized spacial score (nSPS) is 13.1. The zero-order valence-electron chi connectivity index (χ0n) is 40.3. The van der Waals surface area contributed by atoms with E-state index in [9.17, 15) is 9.59 Å². The van der Waals surface area contributed by atoms with Crippen LogP contribution < -0.4 is 0 Å². The molecule has 0 spiro atoms. The molecule has 0 aliphatic carbocycles. The van der Waals surface area contributed by atoms with Crippen LogP contribution in [0.2, 0.25) is 0 Å². The number of carbonyl (C=O) groups excluding carboxylic acids is 2. The quantitative estimate of drug-likeness (QED) is 0.0347. The Labute approximate surface area is 383 Å². The van der Waals surface area contributed by atoms with Crippen molar-refractivity contribution in [2.75, 3.05) is 19.8 Å². The Bertz CT molecular complexity index is 1250. The molecule has 352 valence electrons. The SMILES string of the molecule is CC/C=C\C/C=C\C/C=C\C/C=C\CCCCCCCCC(=O)OCC(COCCCCCCCC/C=C\CCCCCC)OC(=O)CC/C=C\C/C=C\C/C=C\C/C=C\CC. The lowest BCUT2D eigenvalue weighted by Gasteiger charge is -2.18. The van der Waals surface area contributed by atoms with E-state index in [1.54, 1.807) is 0 Å². The summed E-state index contributed by atoms with van der Waals surface area (Å²) in [4.78, 5) is 25.3. The van der Waals surface area contributed by atoms with Gasteiger partial charge in [-0.3, -0.25) is 9.59 Å². The molecule has 1 atom stereocenters. The van der Waals surface area contributed by atoms with Gasteiger partial charge in [-0.1, -0.05) is 201 Å². The number of hydrogen-bond acceptors (Lipinski definition) is 5. The first-order valence-corrected chi connectivity index (χ1v) is 25.4. The third-order valence-electron chi connectivity index (χ3n) is 10.3. The Morgan fingerprint density at radius 3 is 1.24 bits per heavy atom. The monoisotopic (exact) mass is 859 g/mol. The summed E-state index contributed by atoms with van der Waals surface area (Å²) >= 11 is 0. The summed E-state index contributed by atoms with van der Waals surface area (Å²) in [5.41, 5.74) is 0. The van der Waals surface area contributed by atoms with Gasteiger partial charge in [0.05, 0.1) is 6.61 Å². The molecule has 0 amide bonds. The standard InChI is InChI=1S/C57H94O5/c1-4-7-10-13-16-19-22-25-27-28-29-30-31-33-35-38-41-44-47-50-56(58)61-54-55(53-60-52-49-46-43-40-37-34-26-23-20-17-14-11-8-5-2)62-57(59)51-48-45-42-39-36-32-24-21-18-15-12-9-6-3/h7,9-10,12,16,18-21,23,25,27,29-30,32,36,42,45,55H,4-6,8,11,13-15,17,22,24,26,28,31,33-35,37-41,43-44,46-54H2,1-3H3/b10-7-,12-9-,19-16-,21-18-,23-20-,27-25-,30-29-,36-32-,45-42-. The first kappa shape index (κ1) is 58.6. The number of rotatable bonds is 45. The third-order valence-corrected chi connectivity index (χ3v) is 10.3. The minimum Gasteiger partial charge on any atom is -0.462 e. The van der Waals surface area contributed by atoms with E-state index < -0.39 is 6.10 Å². The van der Waals surface area contributed by atoms with E-state index in [0.29, 0.717) is 19.4 Å². The van der Waals surface area contributed by atoms with Crippen LogP contribution in [0.15, 0.2) is 109 Å². The van der Waals surface area contributed by atoms with Crippen LogP contribution >= 0.6 is 0 Å². The number of carbonyl (C=O) groups is 2. The third kappa shape index (κ3) is 49.2. The molecule has 0 saturated carbocycles. The highest BCUT2D eigenvalue weighted by molar-refractivity contribution is 5.70. The lowest BCUT2D eigenvalue weighted by molar-refractivity contribution is -0.162. The molecule has 0 saturated heterocycles. The van der Waals surface area contributed by atoms with E-state index in [-0.39, 0.29) is 31.6 Å². The van der Waals surface area contributed by atoms with Gasteiger partial charge in [-0.05, 0) is 109 Å². The number of hydrogen-bond donors (Lipinski definition) is 0. The maximum absolute atomic E-state index is 12.7. The molecule has 62 heavy (non-hydrogen) atoms. The number of ether oxygens (including phenoxy) is 3. The van der Waals surface area contributed by atoms with Crippen LogP contribution in [0.4, 0.5) is 0 Å². The van der Waals surface area contributed by atoms with Gasteiger partial charge in [0, 0.05) is 19.4 Å². The lowest BCUT2D eigenvalue weighted by atomic mass is 10.1. The van der Waals surface area contributed by atoms with Gasteiger partial charge in [0.2, 0.25) is 0 Å².